The quantitative estimate of drug-likeness (QED) is 0.766. The number of nitrogens with one attached hydrogen (secondary N) is 1. The fraction of sp³-hybridized carbons (Fsp3) is 0.235. The summed E-state index contributed by atoms with van der Waals surface area (Å²) in [5.74, 6) is 1.73. The minimum absolute atomic E-state index is 0.000146. The van der Waals surface area contributed by atoms with E-state index in [1.807, 2.05) is 12.1 Å². The van der Waals surface area contributed by atoms with Gasteiger partial charge in [-0.3, -0.25) is 4.79 Å². The predicted octanol–water partition coefficient (Wildman–Crippen LogP) is 4.91. The zero-order valence-electron chi connectivity index (χ0n) is 11.9. The van der Waals surface area contributed by atoms with Crippen LogP contribution in [0.5, 0.6) is 0 Å². The van der Waals surface area contributed by atoms with Gasteiger partial charge in [0.2, 0.25) is 5.91 Å². The van der Waals surface area contributed by atoms with Crippen LogP contribution in [0.25, 0.3) is 0 Å². The van der Waals surface area contributed by atoms with Crippen LogP contribution in [0, 0.1) is 6.92 Å². The van der Waals surface area contributed by atoms with E-state index in [1.54, 1.807) is 23.9 Å². The topological polar surface area (TPSA) is 29.1 Å². The molecule has 1 N–H and O–H groups in total. The van der Waals surface area contributed by atoms with Crippen LogP contribution in [0.2, 0.25) is 5.02 Å². The lowest BCUT2D eigenvalue weighted by Gasteiger charge is -2.07. The number of amides is 1. The lowest BCUT2D eigenvalue weighted by Crippen LogP contribution is -2.12. The molecule has 2 aromatic carbocycles. The minimum Gasteiger partial charge on any atom is -0.325 e. The molecule has 0 aromatic heterocycles. The van der Waals surface area contributed by atoms with E-state index in [9.17, 15) is 4.79 Å². The highest BCUT2D eigenvalue weighted by Gasteiger charge is 2.05. The van der Waals surface area contributed by atoms with E-state index in [0.717, 1.165) is 11.5 Å². The van der Waals surface area contributed by atoms with Crippen LogP contribution in [0.4, 0.5) is 5.69 Å². The zero-order valence-corrected chi connectivity index (χ0v) is 13.5. The highest BCUT2D eigenvalue weighted by atomic mass is 35.5. The van der Waals surface area contributed by atoms with Crippen molar-refractivity contribution in [2.45, 2.75) is 19.1 Å². The summed E-state index contributed by atoms with van der Waals surface area (Å²) in [6.45, 7) is 2.09. The number of carbonyl (C=O) groups excluding carboxylic acids is 1. The summed E-state index contributed by atoms with van der Waals surface area (Å²) in [6.07, 6.45) is 0.488. The number of para-hydroxylation sites is 1. The van der Waals surface area contributed by atoms with Crippen molar-refractivity contribution in [2.75, 3.05) is 11.1 Å². The fourth-order valence-electron chi connectivity index (χ4n) is 1.93. The molecular formula is C17H18ClNOS. The molecule has 2 aromatic rings. The molecule has 0 spiro atoms. The van der Waals surface area contributed by atoms with Gasteiger partial charge >= 0.3 is 0 Å². The number of halogens is 1. The number of carbonyl (C=O) groups is 1. The van der Waals surface area contributed by atoms with Gasteiger partial charge < -0.3 is 5.32 Å². The molecule has 0 radical (unpaired) electrons. The van der Waals surface area contributed by atoms with Crippen LogP contribution < -0.4 is 5.32 Å². The average molecular weight is 320 g/mol. The first-order valence-corrected chi connectivity index (χ1v) is 8.36. The lowest BCUT2D eigenvalue weighted by molar-refractivity contribution is -0.115. The van der Waals surface area contributed by atoms with Crippen LogP contribution >= 0.6 is 23.4 Å². The third-order valence-corrected chi connectivity index (χ3v) is 4.33. The van der Waals surface area contributed by atoms with Gasteiger partial charge in [0.25, 0.3) is 0 Å². The van der Waals surface area contributed by atoms with Crippen molar-refractivity contribution in [1.29, 1.82) is 0 Å². The lowest BCUT2D eigenvalue weighted by atomic mass is 10.2. The fourth-order valence-corrected chi connectivity index (χ4v) is 3.00. The summed E-state index contributed by atoms with van der Waals surface area (Å²) in [4.78, 5) is 11.8. The van der Waals surface area contributed by atoms with Gasteiger partial charge in [0.1, 0.15) is 0 Å². The smallest absolute Gasteiger partial charge is 0.225 e. The second-order valence-corrected chi connectivity index (χ2v) is 6.33. The summed E-state index contributed by atoms with van der Waals surface area (Å²) in [6, 6.07) is 15.7. The summed E-state index contributed by atoms with van der Waals surface area (Å²) in [5.41, 5.74) is 3.24. The molecule has 0 atom stereocenters. The van der Waals surface area contributed by atoms with E-state index in [1.165, 1.54) is 11.1 Å². The van der Waals surface area contributed by atoms with E-state index in [0.29, 0.717) is 17.1 Å². The number of thioether (sulfide) groups is 1. The average Bonchev–Trinajstić information content (AvgIpc) is 2.46. The molecule has 2 rings (SSSR count). The Hall–Kier alpha value is -1.45. The third kappa shape index (κ3) is 5.44. The number of hydrogen-bond donors (Lipinski definition) is 1. The maximum Gasteiger partial charge on any atom is 0.225 e. The number of aryl methyl sites for hydroxylation is 1. The van der Waals surface area contributed by atoms with Gasteiger partial charge in [0.15, 0.2) is 0 Å². The zero-order chi connectivity index (χ0) is 15.1. The molecule has 0 saturated heterocycles. The maximum atomic E-state index is 11.8. The maximum absolute atomic E-state index is 11.8. The number of benzene rings is 2. The van der Waals surface area contributed by atoms with Crippen molar-refractivity contribution < 1.29 is 4.79 Å². The normalized spacial score (nSPS) is 10.4. The largest absolute Gasteiger partial charge is 0.325 e. The highest BCUT2D eigenvalue weighted by molar-refractivity contribution is 7.98. The summed E-state index contributed by atoms with van der Waals surface area (Å²) < 4.78 is 0. The van der Waals surface area contributed by atoms with Gasteiger partial charge in [-0.15, -0.1) is 0 Å². The molecule has 0 aliphatic heterocycles. The first kappa shape index (κ1) is 15.9. The standard InChI is InChI=1S/C17H18ClNOS/c1-13-5-4-6-14(11-13)12-21-10-9-17(20)19-16-8-3-2-7-15(16)18/h2-8,11H,9-10,12H2,1H3,(H,19,20). The molecule has 0 aliphatic rings. The number of anilines is 1. The van der Waals surface area contributed by atoms with E-state index in [2.05, 4.69) is 36.5 Å². The molecule has 0 saturated carbocycles. The molecule has 0 bridgehead atoms. The summed E-state index contributed by atoms with van der Waals surface area (Å²) in [5, 5.41) is 3.40. The van der Waals surface area contributed by atoms with E-state index in [-0.39, 0.29) is 5.91 Å². The predicted molar refractivity (Wildman–Crippen MR) is 92.0 cm³/mol. The Labute approximate surface area is 134 Å². The summed E-state index contributed by atoms with van der Waals surface area (Å²) >= 11 is 7.77. The molecule has 1 amide bonds. The van der Waals surface area contributed by atoms with Gasteiger partial charge in [-0.25, -0.2) is 0 Å². The molecular weight excluding hydrogens is 302 g/mol. The second kappa shape index (κ2) is 8.11. The van der Waals surface area contributed by atoms with Crippen LogP contribution in [-0.2, 0) is 10.5 Å². The van der Waals surface area contributed by atoms with Crippen molar-refractivity contribution >= 4 is 35.0 Å². The third-order valence-electron chi connectivity index (χ3n) is 2.97. The Morgan fingerprint density at radius 3 is 2.76 bits per heavy atom. The molecule has 110 valence electrons. The van der Waals surface area contributed by atoms with Crippen molar-refractivity contribution in [3.05, 3.63) is 64.7 Å². The Morgan fingerprint density at radius 1 is 1.19 bits per heavy atom. The van der Waals surface area contributed by atoms with Crippen LogP contribution in [0.15, 0.2) is 48.5 Å². The van der Waals surface area contributed by atoms with Gasteiger partial charge in [-0.1, -0.05) is 53.6 Å². The highest BCUT2D eigenvalue weighted by Crippen LogP contribution is 2.21. The molecule has 2 nitrogen and oxygen atoms in total. The molecule has 0 aliphatic carbocycles. The summed E-state index contributed by atoms with van der Waals surface area (Å²) in [7, 11) is 0. The molecule has 0 heterocycles. The molecule has 0 unspecified atom stereocenters. The van der Waals surface area contributed by atoms with Crippen molar-refractivity contribution in [3.63, 3.8) is 0 Å². The van der Waals surface area contributed by atoms with Gasteiger partial charge in [0.05, 0.1) is 10.7 Å². The molecule has 21 heavy (non-hydrogen) atoms. The van der Waals surface area contributed by atoms with Crippen molar-refractivity contribution in [3.8, 4) is 0 Å². The Balaban J connectivity index is 1.71. The second-order valence-electron chi connectivity index (χ2n) is 4.82. The van der Waals surface area contributed by atoms with Gasteiger partial charge in [-0.2, -0.15) is 11.8 Å². The van der Waals surface area contributed by atoms with Gasteiger partial charge in [-0.05, 0) is 24.6 Å². The first-order valence-electron chi connectivity index (χ1n) is 6.83. The molecule has 0 fully saturated rings. The minimum atomic E-state index is -0.000146. The number of hydrogen-bond acceptors (Lipinski definition) is 2. The van der Waals surface area contributed by atoms with Gasteiger partial charge in [0, 0.05) is 17.9 Å². The van der Waals surface area contributed by atoms with E-state index < -0.39 is 0 Å². The van der Waals surface area contributed by atoms with Crippen LogP contribution in [-0.4, -0.2) is 11.7 Å². The Morgan fingerprint density at radius 2 is 2.00 bits per heavy atom. The van der Waals surface area contributed by atoms with E-state index >= 15 is 0 Å². The molecule has 4 heteroatoms. The SMILES string of the molecule is Cc1cccc(CSCCC(=O)Nc2ccccc2Cl)c1. The van der Waals surface area contributed by atoms with Crippen LogP contribution in [0.1, 0.15) is 17.5 Å². The van der Waals surface area contributed by atoms with Crippen molar-refractivity contribution in [2.24, 2.45) is 0 Å². The first-order chi connectivity index (χ1) is 10.1. The Kier molecular flexibility index (Phi) is 6.15. The van der Waals surface area contributed by atoms with Crippen molar-refractivity contribution in [1.82, 2.24) is 0 Å². The number of rotatable bonds is 6. The van der Waals surface area contributed by atoms with E-state index in [4.69, 9.17) is 11.6 Å². The Bertz CT molecular complexity index is 615. The monoisotopic (exact) mass is 319 g/mol. The van der Waals surface area contributed by atoms with Crippen LogP contribution in [0.3, 0.4) is 0 Å².